The number of halogens is 1. The maximum atomic E-state index is 13.6. The van der Waals surface area contributed by atoms with Gasteiger partial charge in [-0.1, -0.05) is 26.8 Å². The van der Waals surface area contributed by atoms with Crippen LogP contribution in [0.15, 0.2) is 29.3 Å². The number of phenols is 1. The van der Waals surface area contributed by atoms with E-state index in [0.29, 0.717) is 5.69 Å². The number of aromatic amines is 1. The zero-order valence-corrected chi connectivity index (χ0v) is 12.6. The molecule has 0 saturated carbocycles. The van der Waals surface area contributed by atoms with Crippen LogP contribution in [0.5, 0.6) is 5.75 Å². The van der Waals surface area contributed by atoms with Crippen molar-refractivity contribution in [1.82, 2.24) is 10.2 Å². The Hall–Kier alpha value is -2.09. The fourth-order valence-electron chi connectivity index (χ4n) is 1.82. The molecule has 0 aliphatic heterocycles. The molecule has 0 unspecified atom stereocenters. The average Bonchev–Trinajstić information content (AvgIpc) is 2.84. The highest BCUT2D eigenvalue weighted by Crippen LogP contribution is 2.31. The highest BCUT2D eigenvalue weighted by molar-refractivity contribution is 7.92. The summed E-state index contributed by atoms with van der Waals surface area (Å²) in [4.78, 5) is -0.0855. The van der Waals surface area contributed by atoms with Crippen molar-refractivity contribution in [2.45, 2.75) is 31.1 Å². The largest absolute Gasteiger partial charge is 0.506 e. The number of hydrogen-bond acceptors (Lipinski definition) is 4. The quantitative estimate of drug-likeness (QED) is 0.758. The van der Waals surface area contributed by atoms with Crippen LogP contribution >= 0.6 is 0 Å². The van der Waals surface area contributed by atoms with E-state index in [1.165, 1.54) is 12.1 Å². The molecule has 2 rings (SSSR count). The summed E-state index contributed by atoms with van der Waals surface area (Å²) in [6, 6.07) is 3.53. The Labute approximate surface area is 122 Å². The van der Waals surface area contributed by atoms with E-state index in [1.807, 2.05) is 20.8 Å². The molecule has 1 aromatic heterocycles. The van der Waals surface area contributed by atoms with Gasteiger partial charge in [0.25, 0.3) is 10.0 Å². The minimum absolute atomic E-state index is 0.0855. The molecule has 0 aliphatic carbocycles. The molecule has 6 nitrogen and oxygen atoms in total. The number of nitrogens with zero attached hydrogens (tertiary/aromatic N) is 1. The molecular formula is C13H16FN3O3S. The van der Waals surface area contributed by atoms with Crippen LogP contribution in [0.2, 0.25) is 0 Å². The van der Waals surface area contributed by atoms with Crippen LogP contribution in [0.4, 0.5) is 10.1 Å². The van der Waals surface area contributed by atoms with Crippen LogP contribution in [-0.2, 0) is 15.4 Å². The minimum atomic E-state index is -4.07. The van der Waals surface area contributed by atoms with Crippen LogP contribution in [-0.4, -0.2) is 23.7 Å². The predicted octanol–water partition coefficient (Wildman–Crippen LogP) is 2.35. The summed E-state index contributed by atoms with van der Waals surface area (Å²) < 4.78 is 40.5. The van der Waals surface area contributed by atoms with Gasteiger partial charge in [-0.15, -0.1) is 0 Å². The number of benzene rings is 1. The second kappa shape index (κ2) is 5.03. The molecule has 0 fully saturated rings. The van der Waals surface area contributed by atoms with Crippen molar-refractivity contribution in [2.75, 3.05) is 4.72 Å². The molecule has 114 valence electrons. The first-order valence-corrected chi connectivity index (χ1v) is 7.65. The number of anilines is 1. The van der Waals surface area contributed by atoms with E-state index >= 15 is 0 Å². The fraction of sp³-hybridized carbons (Fsp3) is 0.308. The van der Waals surface area contributed by atoms with Gasteiger partial charge in [0.15, 0.2) is 5.82 Å². The van der Waals surface area contributed by atoms with E-state index in [1.54, 1.807) is 0 Å². The molecule has 0 saturated heterocycles. The molecule has 0 amide bonds. The number of phenolic OH excluding ortho intramolecular Hbond substituents is 1. The molecule has 0 radical (unpaired) electrons. The lowest BCUT2D eigenvalue weighted by Gasteiger charge is -2.18. The molecule has 0 atom stereocenters. The standard InChI is InChI=1S/C13H16FN3O3S/c1-13(2,3)12-10(7-15-16-12)21(19,20)17-11-8(14)5-4-6-9(11)18/h4-7,17-18H,1-3H3,(H,15,16). The van der Waals surface area contributed by atoms with Crippen LogP contribution in [0.1, 0.15) is 26.5 Å². The monoisotopic (exact) mass is 313 g/mol. The molecule has 8 heteroatoms. The Bertz CT molecular complexity index is 743. The SMILES string of the molecule is CC(C)(C)c1[nH]ncc1S(=O)(=O)Nc1c(O)cccc1F. The Morgan fingerprint density at radius 1 is 1.33 bits per heavy atom. The number of para-hydroxylation sites is 1. The Morgan fingerprint density at radius 2 is 2.00 bits per heavy atom. The van der Waals surface area contributed by atoms with Gasteiger partial charge in [0.05, 0.1) is 11.9 Å². The number of hydrogen-bond donors (Lipinski definition) is 3. The molecule has 0 bridgehead atoms. The first-order valence-electron chi connectivity index (χ1n) is 6.17. The van der Waals surface area contributed by atoms with Gasteiger partial charge in [-0.05, 0) is 12.1 Å². The molecular weight excluding hydrogens is 297 g/mol. The van der Waals surface area contributed by atoms with E-state index in [9.17, 15) is 17.9 Å². The van der Waals surface area contributed by atoms with E-state index < -0.39 is 32.7 Å². The van der Waals surface area contributed by atoms with Crippen molar-refractivity contribution in [3.05, 3.63) is 35.9 Å². The first kappa shape index (κ1) is 15.3. The number of nitrogens with one attached hydrogen (secondary N) is 2. The van der Waals surface area contributed by atoms with Crippen molar-refractivity contribution >= 4 is 15.7 Å². The number of rotatable bonds is 3. The fourth-order valence-corrected chi connectivity index (χ4v) is 3.21. The third-order valence-electron chi connectivity index (χ3n) is 2.87. The summed E-state index contributed by atoms with van der Waals surface area (Å²) >= 11 is 0. The maximum Gasteiger partial charge on any atom is 0.265 e. The van der Waals surface area contributed by atoms with Gasteiger partial charge in [0, 0.05) is 5.41 Å². The Morgan fingerprint density at radius 3 is 2.57 bits per heavy atom. The van der Waals surface area contributed by atoms with Gasteiger partial charge in [-0.3, -0.25) is 9.82 Å². The van der Waals surface area contributed by atoms with Gasteiger partial charge in [-0.25, -0.2) is 12.8 Å². The van der Waals surface area contributed by atoms with Crippen molar-refractivity contribution in [3.63, 3.8) is 0 Å². The van der Waals surface area contributed by atoms with Gasteiger partial charge in [-0.2, -0.15) is 5.10 Å². The zero-order chi connectivity index (χ0) is 15.8. The molecule has 21 heavy (non-hydrogen) atoms. The zero-order valence-electron chi connectivity index (χ0n) is 11.8. The highest BCUT2D eigenvalue weighted by Gasteiger charge is 2.29. The third kappa shape index (κ3) is 2.99. The van der Waals surface area contributed by atoms with Crippen LogP contribution in [0.25, 0.3) is 0 Å². The number of aromatic nitrogens is 2. The summed E-state index contributed by atoms with van der Waals surface area (Å²) in [5.41, 5.74) is -0.581. The summed E-state index contributed by atoms with van der Waals surface area (Å²) in [6.07, 6.45) is 1.15. The lowest BCUT2D eigenvalue weighted by Crippen LogP contribution is -2.20. The molecule has 2 aromatic rings. The van der Waals surface area contributed by atoms with Gasteiger partial charge < -0.3 is 5.11 Å². The van der Waals surface area contributed by atoms with Gasteiger partial charge >= 0.3 is 0 Å². The van der Waals surface area contributed by atoms with Crippen LogP contribution < -0.4 is 4.72 Å². The normalized spacial score (nSPS) is 12.4. The van der Waals surface area contributed by atoms with E-state index in [2.05, 4.69) is 14.9 Å². The average molecular weight is 313 g/mol. The Kier molecular flexibility index (Phi) is 3.66. The van der Waals surface area contributed by atoms with Crippen molar-refractivity contribution < 1.29 is 17.9 Å². The van der Waals surface area contributed by atoms with E-state index in [0.717, 1.165) is 12.3 Å². The smallest absolute Gasteiger partial charge is 0.265 e. The molecule has 1 heterocycles. The first-order chi connectivity index (χ1) is 9.63. The number of H-pyrrole nitrogens is 1. The summed E-state index contributed by atoms with van der Waals surface area (Å²) in [5.74, 6) is -1.35. The highest BCUT2D eigenvalue weighted by atomic mass is 32.2. The number of sulfonamides is 1. The Balaban J connectivity index is 2.48. The van der Waals surface area contributed by atoms with Crippen molar-refractivity contribution in [1.29, 1.82) is 0 Å². The van der Waals surface area contributed by atoms with E-state index in [-0.39, 0.29) is 4.90 Å². The minimum Gasteiger partial charge on any atom is -0.506 e. The molecule has 0 spiro atoms. The van der Waals surface area contributed by atoms with Crippen molar-refractivity contribution in [3.8, 4) is 5.75 Å². The second-order valence-electron chi connectivity index (χ2n) is 5.60. The lowest BCUT2D eigenvalue weighted by atomic mass is 9.92. The summed E-state index contributed by atoms with van der Waals surface area (Å²) in [7, 11) is -4.07. The topological polar surface area (TPSA) is 95.1 Å². The molecule has 3 N–H and O–H groups in total. The molecule has 0 aliphatic rings. The second-order valence-corrected chi connectivity index (χ2v) is 7.25. The van der Waals surface area contributed by atoms with Crippen molar-refractivity contribution in [2.24, 2.45) is 0 Å². The summed E-state index contributed by atoms with van der Waals surface area (Å²) in [6.45, 7) is 5.46. The van der Waals surface area contributed by atoms with Gasteiger partial charge in [0.2, 0.25) is 0 Å². The predicted molar refractivity (Wildman–Crippen MR) is 76.2 cm³/mol. The van der Waals surface area contributed by atoms with E-state index in [4.69, 9.17) is 0 Å². The number of aromatic hydroxyl groups is 1. The lowest BCUT2D eigenvalue weighted by molar-refractivity contribution is 0.472. The maximum absolute atomic E-state index is 13.6. The summed E-state index contributed by atoms with van der Waals surface area (Å²) in [5, 5.41) is 16.0. The van der Waals surface area contributed by atoms with Gasteiger partial charge in [0.1, 0.15) is 16.3 Å². The van der Waals surface area contributed by atoms with Crippen LogP contribution in [0.3, 0.4) is 0 Å². The van der Waals surface area contributed by atoms with Crippen LogP contribution in [0, 0.1) is 5.82 Å². The third-order valence-corrected chi connectivity index (χ3v) is 4.23. The molecule has 1 aromatic carbocycles.